The summed E-state index contributed by atoms with van der Waals surface area (Å²) >= 11 is 1.65. The predicted octanol–water partition coefficient (Wildman–Crippen LogP) is 3.95. The molecular formula is C15H14OS. The number of ketones is 1. The van der Waals surface area contributed by atoms with Crippen LogP contribution in [0.15, 0.2) is 53.4 Å². The molecule has 0 saturated carbocycles. The van der Waals surface area contributed by atoms with E-state index in [9.17, 15) is 4.79 Å². The van der Waals surface area contributed by atoms with Gasteiger partial charge in [0.1, 0.15) is 0 Å². The van der Waals surface area contributed by atoms with E-state index in [2.05, 4.69) is 0 Å². The van der Waals surface area contributed by atoms with E-state index in [1.54, 1.807) is 11.8 Å². The molecule has 0 aliphatic carbocycles. The van der Waals surface area contributed by atoms with Crippen molar-refractivity contribution in [1.29, 1.82) is 0 Å². The van der Waals surface area contributed by atoms with Crippen LogP contribution in [0.4, 0.5) is 0 Å². The highest BCUT2D eigenvalue weighted by Gasteiger charge is 2.11. The van der Waals surface area contributed by atoms with Crippen LogP contribution in [0.25, 0.3) is 0 Å². The van der Waals surface area contributed by atoms with Crippen molar-refractivity contribution < 1.29 is 4.79 Å². The number of hydrogen-bond acceptors (Lipinski definition) is 2. The summed E-state index contributed by atoms with van der Waals surface area (Å²) in [6.45, 7) is 1.96. The van der Waals surface area contributed by atoms with Gasteiger partial charge in [0.2, 0.25) is 0 Å². The van der Waals surface area contributed by atoms with Crippen LogP contribution in [-0.4, -0.2) is 12.0 Å². The van der Waals surface area contributed by atoms with Gasteiger partial charge in [0.05, 0.1) is 0 Å². The Balaban J connectivity index is 2.40. The van der Waals surface area contributed by atoms with Gasteiger partial charge in [-0.2, -0.15) is 0 Å². The Morgan fingerprint density at radius 1 is 1.06 bits per heavy atom. The normalized spacial score (nSPS) is 10.2. The minimum Gasteiger partial charge on any atom is -0.289 e. The topological polar surface area (TPSA) is 17.1 Å². The summed E-state index contributed by atoms with van der Waals surface area (Å²) in [5, 5.41) is 0. The Morgan fingerprint density at radius 2 is 1.82 bits per heavy atom. The van der Waals surface area contributed by atoms with Crippen molar-refractivity contribution in [2.75, 3.05) is 6.26 Å². The van der Waals surface area contributed by atoms with E-state index in [4.69, 9.17) is 0 Å². The number of carbonyl (C=O) groups is 1. The first-order valence-electron chi connectivity index (χ1n) is 5.47. The van der Waals surface area contributed by atoms with E-state index in [1.807, 2.05) is 61.7 Å². The number of benzene rings is 2. The largest absolute Gasteiger partial charge is 0.289 e. The lowest BCUT2D eigenvalue weighted by molar-refractivity contribution is 0.103. The van der Waals surface area contributed by atoms with Crippen LogP contribution in [0.2, 0.25) is 0 Å². The predicted molar refractivity (Wildman–Crippen MR) is 72.8 cm³/mol. The molecule has 0 radical (unpaired) electrons. The summed E-state index contributed by atoms with van der Waals surface area (Å²) in [4.78, 5) is 13.4. The fourth-order valence-corrected chi connectivity index (χ4v) is 2.21. The average molecular weight is 242 g/mol. The zero-order valence-electron chi connectivity index (χ0n) is 9.94. The maximum absolute atomic E-state index is 12.3. The minimum atomic E-state index is 0.0963. The molecule has 0 heterocycles. The van der Waals surface area contributed by atoms with Gasteiger partial charge in [0, 0.05) is 16.0 Å². The fourth-order valence-electron chi connectivity index (χ4n) is 1.75. The first kappa shape index (κ1) is 11.9. The third-order valence-electron chi connectivity index (χ3n) is 2.72. The maximum atomic E-state index is 12.3. The molecule has 0 atom stereocenters. The molecule has 0 N–H and O–H groups in total. The average Bonchev–Trinajstić information content (AvgIpc) is 2.38. The molecule has 1 nitrogen and oxygen atoms in total. The molecule has 0 bridgehead atoms. The molecule has 0 aromatic heterocycles. The second kappa shape index (κ2) is 5.19. The van der Waals surface area contributed by atoms with Crippen LogP contribution in [-0.2, 0) is 0 Å². The molecule has 2 aromatic rings. The number of rotatable bonds is 3. The lowest BCUT2D eigenvalue weighted by Crippen LogP contribution is -2.03. The van der Waals surface area contributed by atoms with Crippen LogP contribution in [0, 0.1) is 6.92 Å². The summed E-state index contributed by atoms with van der Waals surface area (Å²) in [5.41, 5.74) is 2.56. The highest BCUT2D eigenvalue weighted by molar-refractivity contribution is 7.98. The molecule has 0 saturated heterocycles. The van der Waals surface area contributed by atoms with Crippen LogP contribution in [0.1, 0.15) is 21.5 Å². The van der Waals surface area contributed by atoms with Crippen molar-refractivity contribution in [3.05, 3.63) is 65.2 Å². The van der Waals surface area contributed by atoms with Gasteiger partial charge >= 0.3 is 0 Å². The molecule has 2 aromatic carbocycles. The second-order valence-electron chi connectivity index (χ2n) is 3.88. The highest BCUT2D eigenvalue weighted by Crippen LogP contribution is 2.19. The molecule has 86 valence electrons. The van der Waals surface area contributed by atoms with Gasteiger partial charge < -0.3 is 0 Å². The number of hydrogen-bond donors (Lipinski definition) is 0. The minimum absolute atomic E-state index is 0.0963. The molecule has 2 heteroatoms. The molecule has 0 unspecified atom stereocenters. The van der Waals surface area contributed by atoms with Gasteiger partial charge in [0.25, 0.3) is 0 Å². The first-order chi connectivity index (χ1) is 8.22. The summed E-state index contributed by atoms with van der Waals surface area (Å²) in [7, 11) is 0. The lowest BCUT2D eigenvalue weighted by atomic mass is 9.99. The van der Waals surface area contributed by atoms with Gasteiger partial charge in [0.15, 0.2) is 5.78 Å². The van der Waals surface area contributed by atoms with Crippen LogP contribution >= 0.6 is 11.8 Å². The second-order valence-corrected chi connectivity index (χ2v) is 4.76. The monoisotopic (exact) mass is 242 g/mol. The van der Waals surface area contributed by atoms with Gasteiger partial charge in [-0.3, -0.25) is 4.79 Å². The Bertz CT molecular complexity index is 546. The number of carbonyl (C=O) groups excluding carboxylic acids is 1. The SMILES string of the molecule is CSc1cccc(C(=O)c2ccccc2C)c1. The Labute approximate surface area is 106 Å². The van der Waals surface area contributed by atoms with E-state index in [-0.39, 0.29) is 5.78 Å². The molecule has 0 amide bonds. The molecule has 0 fully saturated rings. The molecule has 0 aliphatic heterocycles. The first-order valence-corrected chi connectivity index (χ1v) is 6.69. The van der Waals surface area contributed by atoms with Gasteiger partial charge in [-0.1, -0.05) is 36.4 Å². The zero-order valence-corrected chi connectivity index (χ0v) is 10.8. The van der Waals surface area contributed by atoms with E-state index in [0.717, 1.165) is 21.6 Å². The van der Waals surface area contributed by atoms with E-state index in [0.29, 0.717) is 0 Å². The van der Waals surface area contributed by atoms with E-state index < -0.39 is 0 Å². The van der Waals surface area contributed by atoms with Crippen molar-refractivity contribution in [3.63, 3.8) is 0 Å². The quantitative estimate of drug-likeness (QED) is 0.599. The van der Waals surface area contributed by atoms with Crippen LogP contribution < -0.4 is 0 Å². The van der Waals surface area contributed by atoms with E-state index >= 15 is 0 Å². The summed E-state index contributed by atoms with van der Waals surface area (Å²) < 4.78 is 0. The molecule has 0 spiro atoms. The summed E-state index contributed by atoms with van der Waals surface area (Å²) in [6.07, 6.45) is 2.01. The lowest BCUT2D eigenvalue weighted by Gasteiger charge is -2.05. The van der Waals surface area contributed by atoms with Crippen molar-refractivity contribution in [2.45, 2.75) is 11.8 Å². The van der Waals surface area contributed by atoms with Crippen molar-refractivity contribution in [2.24, 2.45) is 0 Å². The molecule has 17 heavy (non-hydrogen) atoms. The third-order valence-corrected chi connectivity index (χ3v) is 3.45. The summed E-state index contributed by atoms with van der Waals surface area (Å²) in [6, 6.07) is 15.4. The molecular weight excluding hydrogens is 228 g/mol. The molecule has 2 rings (SSSR count). The Hall–Kier alpha value is -1.54. The number of thioether (sulfide) groups is 1. The standard InChI is InChI=1S/C15H14OS/c1-11-6-3-4-9-14(11)15(16)12-7-5-8-13(10-12)17-2/h3-10H,1-2H3. The van der Waals surface area contributed by atoms with Crippen molar-refractivity contribution >= 4 is 17.5 Å². The van der Waals surface area contributed by atoms with Gasteiger partial charge in [-0.15, -0.1) is 11.8 Å². The zero-order chi connectivity index (χ0) is 12.3. The van der Waals surface area contributed by atoms with Crippen LogP contribution in [0.5, 0.6) is 0 Å². The Morgan fingerprint density at radius 3 is 2.53 bits per heavy atom. The van der Waals surface area contributed by atoms with Crippen LogP contribution in [0.3, 0.4) is 0 Å². The maximum Gasteiger partial charge on any atom is 0.193 e. The highest BCUT2D eigenvalue weighted by atomic mass is 32.2. The third kappa shape index (κ3) is 2.59. The van der Waals surface area contributed by atoms with Gasteiger partial charge in [-0.05, 0) is 30.9 Å². The number of aryl methyl sites for hydroxylation is 1. The van der Waals surface area contributed by atoms with E-state index in [1.165, 1.54) is 0 Å². The van der Waals surface area contributed by atoms with Gasteiger partial charge in [-0.25, -0.2) is 0 Å². The van der Waals surface area contributed by atoms with Crippen molar-refractivity contribution in [1.82, 2.24) is 0 Å². The Kier molecular flexibility index (Phi) is 3.64. The fraction of sp³-hybridized carbons (Fsp3) is 0.133. The molecule has 0 aliphatic rings. The summed E-state index contributed by atoms with van der Waals surface area (Å²) in [5.74, 6) is 0.0963. The van der Waals surface area contributed by atoms with Crippen molar-refractivity contribution in [3.8, 4) is 0 Å². The smallest absolute Gasteiger partial charge is 0.193 e.